The molecule has 0 aliphatic carbocycles. The minimum atomic E-state index is -4.47. The van der Waals surface area contributed by atoms with Gasteiger partial charge in [-0.25, -0.2) is 9.97 Å². The third-order valence-corrected chi connectivity index (χ3v) is 8.32. The largest absolute Gasteiger partial charge is 0.408 e. The third-order valence-electron chi connectivity index (χ3n) is 6.65. The van der Waals surface area contributed by atoms with E-state index in [4.69, 9.17) is 27.9 Å². The number of ether oxygens (including phenoxy) is 1. The highest BCUT2D eigenvalue weighted by Gasteiger charge is 2.49. The minimum absolute atomic E-state index is 0.112. The molecule has 0 radical (unpaired) electrons. The molecule has 0 spiro atoms. The second-order valence-corrected chi connectivity index (χ2v) is 12.0. The molecule has 3 aromatic rings. The van der Waals surface area contributed by atoms with Crippen molar-refractivity contribution in [3.63, 3.8) is 0 Å². The van der Waals surface area contributed by atoms with Crippen molar-refractivity contribution in [2.75, 3.05) is 13.1 Å². The quantitative estimate of drug-likeness (QED) is 0.404. The number of thiophene rings is 1. The van der Waals surface area contributed by atoms with Gasteiger partial charge in [0.05, 0.1) is 34.2 Å². The van der Waals surface area contributed by atoms with Gasteiger partial charge in [-0.2, -0.15) is 13.2 Å². The highest BCUT2D eigenvalue weighted by molar-refractivity contribution is 7.19. The van der Waals surface area contributed by atoms with E-state index in [9.17, 15) is 18.0 Å². The number of nitrogens with one attached hydrogen (secondary N) is 1. The third kappa shape index (κ3) is 5.59. The maximum atomic E-state index is 13.5. The first-order valence-electron chi connectivity index (χ1n) is 11.9. The first-order valence-corrected chi connectivity index (χ1v) is 13.4. The van der Waals surface area contributed by atoms with Crippen LogP contribution in [-0.4, -0.2) is 57.8 Å². The summed E-state index contributed by atoms with van der Waals surface area (Å²) in [6.45, 7) is 5.31. The number of fused-ring (bicyclic) bond motifs is 1. The van der Waals surface area contributed by atoms with Crippen molar-refractivity contribution < 1.29 is 22.7 Å². The molecule has 4 heterocycles. The summed E-state index contributed by atoms with van der Waals surface area (Å²) in [5.74, 6) is -0.501. The van der Waals surface area contributed by atoms with Crippen LogP contribution >= 0.6 is 34.5 Å². The number of morpholine rings is 1. The molecule has 5 rings (SSSR count). The Morgan fingerprint density at radius 2 is 2.03 bits per heavy atom. The number of amides is 1. The van der Waals surface area contributed by atoms with Gasteiger partial charge >= 0.3 is 6.18 Å². The zero-order chi connectivity index (χ0) is 26.5. The number of halogens is 5. The van der Waals surface area contributed by atoms with Crippen LogP contribution in [0, 0.1) is 0 Å². The number of hydrogen-bond acceptors (Lipinski definition) is 6. The van der Waals surface area contributed by atoms with Gasteiger partial charge in [0, 0.05) is 46.4 Å². The van der Waals surface area contributed by atoms with E-state index in [1.807, 2.05) is 13.8 Å². The summed E-state index contributed by atoms with van der Waals surface area (Å²) in [6, 6.07) is 3.40. The lowest BCUT2D eigenvalue weighted by Gasteiger charge is -2.37. The Balaban J connectivity index is 1.51. The molecule has 2 unspecified atom stereocenters. The van der Waals surface area contributed by atoms with E-state index < -0.39 is 18.1 Å². The molecule has 198 valence electrons. The predicted octanol–water partition coefficient (Wildman–Crippen LogP) is 6.03. The maximum absolute atomic E-state index is 13.5. The van der Waals surface area contributed by atoms with Gasteiger partial charge in [0.15, 0.2) is 0 Å². The van der Waals surface area contributed by atoms with Crippen LogP contribution in [0.15, 0.2) is 24.5 Å². The molecule has 2 fully saturated rings. The number of hydrogen-bond donors (Lipinski definition) is 1. The summed E-state index contributed by atoms with van der Waals surface area (Å²) in [4.78, 5) is 22.6. The molecule has 2 atom stereocenters. The van der Waals surface area contributed by atoms with Crippen LogP contribution in [0.25, 0.3) is 21.5 Å². The van der Waals surface area contributed by atoms with Crippen LogP contribution in [-0.2, 0) is 22.5 Å². The fourth-order valence-corrected chi connectivity index (χ4v) is 6.73. The number of rotatable bonds is 5. The van der Waals surface area contributed by atoms with Gasteiger partial charge < -0.3 is 15.0 Å². The smallest absolute Gasteiger partial charge is 0.369 e. The van der Waals surface area contributed by atoms with Crippen molar-refractivity contribution in [3.8, 4) is 11.3 Å². The average molecular weight is 573 g/mol. The molecule has 37 heavy (non-hydrogen) atoms. The molecule has 2 saturated heterocycles. The lowest BCUT2D eigenvalue weighted by atomic mass is 9.96. The number of alkyl halides is 3. The summed E-state index contributed by atoms with van der Waals surface area (Å²) < 4.78 is 47.4. The molecule has 6 nitrogen and oxygen atoms in total. The highest BCUT2D eigenvalue weighted by atomic mass is 35.5. The fourth-order valence-electron chi connectivity index (χ4n) is 5.05. The minimum Gasteiger partial charge on any atom is -0.369 e. The van der Waals surface area contributed by atoms with E-state index in [1.54, 1.807) is 18.2 Å². The Morgan fingerprint density at radius 1 is 1.24 bits per heavy atom. The first kappa shape index (κ1) is 26.6. The Kier molecular flexibility index (Phi) is 7.17. The summed E-state index contributed by atoms with van der Waals surface area (Å²) >= 11 is 14.3. The zero-order valence-electron chi connectivity index (χ0n) is 20.2. The fraction of sp³-hybridized carbons (Fsp3) is 0.480. The second kappa shape index (κ2) is 9.96. The van der Waals surface area contributed by atoms with Crippen LogP contribution < -0.4 is 5.32 Å². The van der Waals surface area contributed by atoms with Crippen LogP contribution in [0.3, 0.4) is 0 Å². The number of benzene rings is 1. The molecule has 0 saturated carbocycles. The molecule has 1 N–H and O–H groups in total. The lowest BCUT2D eigenvalue weighted by molar-refractivity contribution is -0.181. The number of likely N-dealkylation sites (tertiary alicyclic amines) is 1. The second-order valence-electron chi connectivity index (χ2n) is 10.0. The van der Waals surface area contributed by atoms with E-state index in [0.29, 0.717) is 43.8 Å². The molecule has 1 amide bonds. The van der Waals surface area contributed by atoms with E-state index >= 15 is 0 Å². The number of carbonyl (C=O) groups is 1. The van der Waals surface area contributed by atoms with Gasteiger partial charge in [0.1, 0.15) is 12.4 Å². The molecule has 12 heteroatoms. The standard InChI is InChI=1S/C25H25Cl2F3N4O2S/c1-24(2)11-31-9-14(36-24)7-16-17(5-13(26)6-18(16)27)22-23-19(32-12-33-22)8-15(37-23)10-34-20(25(28,29)30)3-4-21(34)35/h5-6,8,12,14,20,31H,3-4,7,9-11H2,1-2H3. The van der Waals surface area contributed by atoms with Crippen molar-refractivity contribution in [3.05, 3.63) is 45.0 Å². The molecular formula is C25H25Cl2F3N4O2S. The number of nitrogens with zero attached hydrogens (tertiary/aromatic N) is 3. The SMILES string of the molecule is CC1(C)CNCC(Cc2c(Cl)cc(Cl)cc2-c2ncnc3cc(CN4C(=O)CCC4C(F)(F)F)sc23)O1. The summed E-state index contributed by atoms with van der Waals surface area (Å²) in [7, 11) is 0. The summed E-state index contributed by atoms with van der Waals surface area (Å²) in [6.07, 6.45) is -3.01. The van der Waals surface area contributed by atoms with Gasteiger partial charge in [0.25, 0.3) is 0 Å². The first-order chi connectivity index (χ1) is 17.4. The molecular weight excluding hydrogens is 548 g/mol. The van der Waals surface area contributed by atoms with E-state index in [2.05, 4.69) is 15.3 Å². The normalized spacial score (nSPS) is 22.2. The monoisotopic (exact) mass is 572 g/mol. The van der Waals surface area contributed by atoms with Crippen LogP contribution in [0.4, 0.5) is 13.2 Å². The van der Waals surface area contributed by atoms with Gasteiger partial charge in [-0.3, -0.25) is 4.79 Å². The predicted molar refractivity (Wildman–Crippen MR) is 138 cm³/mol. The Hall–Kier alpha value is -1.98. The van der Waals surface area contributed by atoms with Crippen LogP contribution in [0.1, 0.15) is 37.1 Å². The Morgan fingerprint density at radius 3 is 2.76 bits per heavy atom. The van der Waals surface area contributed by atoms with Gasteiger partial charge in [-0.15, -0.1) is 11.3 Å². The molecule has 2 aliphatic rings. The van der Waals surface area contributed by atoms with Crippen molar-refractivity contribution in [1.82, 2.24) is 20.2 Å². The van der Waals surface area contributed by atoms with Crippen LogP contribution in [0.2, 0.25) is 10.0 Å². The van der Waals surface area contributed by atoms with E-state index in [-0.39, 0.29) is 31.1 Å². The van der Waals surface area contributed by atoms with Crippen molar-refractivity contribution in [2.45, 2.75) is 63.6 Å². The Bertz CT molecular complexity index is 1350. The van der Waals surface area contributed by atoms with E-state index in [0.717, 1.165) is 22.6 Å². The molecule has 2 aromatic heterocycles. The van der Waals surface area contributed by atoms with Gasteiger partial charge in [-0.1, -0.05) is 23.2 Å². The average Bonchev–Trinajstić information content (AvgIpc) is 3.38. The zero-order valence-corrected chi connectivity index (χ0v) is 22.5. The van der Waals surface area contributed by atoms with Crippen LogP contribution in [0.5, 0.6) is 0 Å². The van der Waals surface area contributed by atoms with E-state index in [1.165, 1.54) is 17.7 Å². The topological polar surface area (TPSA) is 67.4 Å². The molecule has 0 bridgehead atoms. The lowest BCUT2D eigenvalue weighted by Crippen LogP contribution is -2.51. The number of carbonyl (C=O) groups excluding carboxylic acids is 1. The molecule has 1 aromatic carbocycles. The molecule has 2 aliphatic heterocycles. The van der Waals surface area contributed by atoms with Gasteiger partial charge in [-0.05, 0) is 44.0 Å². The summed E-state index contributed by atoms with van der Waals surface area (Å²) in [5, 5.41) is 4.31. The van der Waals surface area contributed by atoms with Gasteiger partial charge in [0.2, 0.25) is 5.91 Å². The van der Waals surface area contributed by atoms with Crippen molar-refractivity contribution in [2.24, 2.45) is 0 Å². The highest BCUT2D eigenvalue weighted by Crippen LogP contribution is 2.40. The summed E-state index contributed by atoms with van der Waals surface area (Å²) in [5.41, 5.74) is 2.38. The van der Waals surface area contributed by atoms with Crippen molar-refractivity contribution in [1.29, 1.82) is 0 Å². The Labute approximate surface area is 226 Å². The number of aromatic nitrogens is 2. The van der Waals surface area contributed by atoms with Crippen molar-refractivity contribution >= 4 is 50.7 Å². The maximum Gasteiger partial charge on any atom is 0.408 e.